The average molecular weight is 1200 g/mol. The number of aryl methyl sites for hydroxylation is 1. The molecule has 452 valence electrons. The lowest BCUT2D eigenvalue weighted by molar-refractivity contribution is -0.144. The third-order valence-electron chi connectivity index (χ3n) is 16.3. The highest BCUT2D eigenvalue weighted by Crippen LogP contribution is 2.45. The van der Waals surface area contributed by atoms with E-state index in [1.54, 1.807) is 37.6 Å². The molecule has 5 aromatic carbocycles. The molecule has 1 saturated heterocycles. The van der Waals surface area contributed by atoms with Crippen LogP contribution < -0.4 is 25.7 Å². The first-order chi connectivity index (χ1) is 40.5. The molecule has 0 saturated carbocycles. The first-order valence-electron chi connectivity index (χ1n) is 29.2. The Bertz CT molecular complexity index is 3360. The summed E-state index contributed by atoms with van der Waals surface area (Å²) in [7, 11) is -3.38. The number of ether oxygens (including phenoxy) is 2. The van der Waals surface area contributed by atoms with Crippen molar-refractivity contribution in [2.45, 2.75) is 135 Å². The summed E-state index contributed by atoms with van der Waals surface area (Å²) < 4.78 is 85.9. The summed E-state index contributed by atoms with van der Waals surface area (Å²) in [6.45, 7) is 13.6. The van der Waals surface area contributed by atoms with Crippen LogP contribution >= 0.6 is 11.3 Å². The van der Waals surface area contributed by atoms with Crippen LogP contribution in [0, 0.1) is 24.0 Å². The molecule has 3 amide bonds. The lowest BCUT2D eigenvalue weighted by Crippen LogP contribution is -2.67. The van der Waals surface area contributed by atoms with Gasteiger partial charge in [-0.25, -0.2) is 22.5 Å². The Morgan fingerprint density at radius 2 is 1.49 bits per heavy atom. The zero-order valence-corrected chi connectivity index (χ0v) is 51.5. The second-order valence-corrected chi connectivity index (χ2v) is 29.9. The van der Waals surface area contributed by atoms with Gasteiger partial charge in [0.2, 0.25) is 17.7 Å². The molecule has 13 nitrogen and oxygen atoms in total. The Morgan fingerprint density at radius 1 is 0.859 bits per heavy atom. The van der Waals surface area contributed by atoms with Gasteiger partial charge < -0.3 is 39.5 Å². The second kappa shape index (κ2) is 26.5. The Morgan fingerprint density at radius 3 is 2.12 bits per heavy atom. The molecule has 5 atom stereocenters. The minimum atomic E-state index is -3.46. The van der Waals surface area contributed by atoms with Gasteiger partial charge in [-0.15, -0.1) is 11.3 Å². The van der Waals surface area contributed by atoms with Crippen molar-refractivity contribution in [3.63, 3.8) is 0 Å². The van der Waals surface area contributed by atoms with E-state index in [1.165, 1.54) is 9.80 Å². The number of aliphatic hydroxyl groups is 1. The monoisotopic (exact) mass is 1200 g/mol. The third kappa shape index (κ3) is 14.2. The number of rotatable bonds is 23. The summed E-state index contributed by atoms with van der Waals surface area (Å²) >= 11 is 1.56. The maximum atomic E-state index is 17.0. The molecule has 19 heteroatoms. The quantitative estimate of drug-likeness (QED) is 0.0278. The number of β-amino-alcohol motifs (C(OH)–C–C–N with tert-alkyl or cyclic N) is 1. The minimum Gasteiger partial charge on any atom is -0.493 e. The number of carbonyl (C=O) groups is 3. The minimum absolute atomic E-state index is 0.0505. The van der Waals surface area contributed by atoms with Crippen LogP contribution in [-0.4, -0.2) is 121 Å². The van der Waals surface area contributed by atoms with E-state index in [1.807, 2.05) is 144 Å². The van der Waals surface area contributed by atoms with Crippen molar-refractivity contribution in [1.82, 2.24) is 30.4 Å². The van der Waals surface area contributed by atoms with E-state index in [2.05, 4.69) is 20.6 Å². The summed E-state index contributed by atoms with van der Waals surface area (Å²) in [4.78, 5) is 52.5. The number of amides is 3. The molecule has 1 fully saturated rings. The number of benzene rings is 5. The van der Waals surface area contributed by atoms with Gasteiger partial charge in [-0.3, -0.25) is 19.3 Å². The fourth-order valence-electron chi connectivity index (χ4n) is 12.1. The van der Waals surface area contributed by atoms with Crippen LogP contribution in [0.1, 0.15) is 108 Å². The summed E-state index contributed by atoms with van der Waals surface area (Å²) in [6, 6.07) is 32.9. The number of halogens is 4. The van der Waals surface area contributed by atoms with Gasteiger partial charge in [-0.2, -0.15) is 0 Å². The van der Waals surface area contributed by atoms with Crippen LogP contribution in [-0.2, 0) is 36.5 Å². The number of fused-ring (bicyclic) bond motifs is 3. The summed E-state index contributed by atoms with van der Waals surface area (Å²) in [6.07, 6.45) is 1.09. The van der Waals surface area contributed by atoms with Crippen LogP contribution in [0.25, 0.3) is 21.3 Å². The second-order valence-electron chi connectivity index (χ2n) is 24.7. The molecule has 4 N–H and O–H groups in total. The van der Waals surface area contributed by atoms with Crippen LogP contribution in [0.2, 0.25) is 5.04 Å². The first kappa shape index (κ1) is 62.8. The Balaban J connectivity index is 0.786. The topological polar surface area (TPSA) is 158 Å². The smallest absolute Gasteiger partial charge is 0.282 e. The van der Waals surface area contributed by atoms with E-state index in [0.29, 0.717) is 31.4 Å². The molecule has 2 aliphatic rings. The van der Waals surface area contributed by atoms with E-state index >= 15 is 17.6 Å². The molecular formula is C66H78F4N6O7SSi. The summed E-state index contributed by atoms with van der Waals surface area (Å²) in [5.74, 6) is -6.80. The number of carbonyl (C=O) groups excluding carboxylic acids is 3. The number of unbranched alkanes of at least 4 members (excludes halogenated alkanes) is 2. The number of aliphatic hydroxyl groups excluding tert-OH is 1. The normalized spacial score (nSPS) is 18.1. The van der Waals surface area contributed by atoms with Gasteiger partial charge >= 0.3 is 0 Å². The van der Waals surface area contributed by atoms with E-state index in [-0.39, 0.29) is 50.6 Å². The van der Waals surface area contributed by atoms with Crippen LogP contribution in [0.5, 0.6) is 5.75 Å². The first-order valence-corrected chi connectivity index (χ1v) is 32.0. The number of thiazole rings is 1. The predicted octanol–water partition coefficient (Wildman–Crippen LogP) is 10.8. The van der Waals surface area contributed by atoms with E-state index in [9.17, 15) is 19.5 Å². The fourth-order valence-corrected chi connectivity index (χ4v) is 17.5. The lowest BCUT2D eigenvalue weighted by atomic mass is 9.85. The Labute approximate surface area is 500 Å². The standard InChI is InChI=1S/C66H78F4N6O7SSi/c1-42-32-51-50-24-16-17-25-54(50)73-58(51)59(76(42)39-66(69,70)40-83-85(65(6,7)8,48-20-12-9-13-21-48)49-22-14-10-15-23-49)57-52(67)34-47(35-53(57)68)82-31-19-11-18-30-81-38-56(78)74-61(64(3,4)5)63(80)75-37-46(77)33-55(75)62(79)71-36-44-26-28-45(29-27-44)60-43(2)72-41-84-60/h9-10,12-17,20-29,34-35,41-42,46,55,59,61,73,77H,11,18-19,30-33,36-40H2,1-8H3,(H,71,79)(H,74,78)/t42-,46-,55+,59-,61-/m1/s1. The van der Waals surface area contributed by atoms with Gasteiger partial charge in [0.1, 0.15) is 36.1 Å². The zero-order valence-electron chi connectivity index (χ0n) is 49.7. The highest BCUT2D eigenvalue weighted by Gasteiger charge is 2.53. The fraction of sp³-hybridized carbons (Fsp3) is 0.424. The number of nitrogens with zero attached hydrogens (tertiary/aromatic N) is 3. The molecular weight excluding hydrogens is 1120 g/mol. The van der Waals surface area contributed by atoms with Crippen molar-refractivity contribution in [3.05, 3.63) is 167 Å². The van der Waals surface area contributed by atoms with Crippen molar-refractivity contribution in [3.8, 4) is 16.2 Å². The molecule has 0 radical (unpaired) electrons. The lowest BCUT2D eigenvalue weighted by Gasteiger charge is -2.45. The van der Waals surface area contributed by atoms with Crippen molar-refractivity contribution in [2.24, 2.45) is 5.41 Å². The van der Waals surface area contributed by atoms with Crippen molar-refractivity contribution < 1.29 is 51.0 Å². The largest absolute Gasteiger partial charge is 0.493 e. The molecule has 85 heavy (non-hydrogen) atoms. The summed E-state index contributed by atoms with van der Waals surface area (Å²) in [5, 5.41) is 18.4. The predicted molar refractivity (Wildman–Crippen MR) is 327 cm³/mol. The van der Waals surface area contributed by atoms with Crippen molar-refractivity contribution >= 4 is 58.7 Å². The number of nitrogens with one attached hydrogen (secondary N) is 3. The molecule has 2 aliphatic heterocycles. The van der Waals surface area contributed by atoms with E-state index < -0.39 is 97.5 Å². The van der Waals surface area contributed by atoms with Gasteiger partial charge in [-0.05, 0) is 83.1 Å². The molecule has 9 rings (SSSR count). The van der Waals surface area contributed by atoms with Gasteiger partial charge in [-0.1, -0.05) is 145 Å². The number of likely N-dealkylation sites (tertiary alicyclic amines) is 1. The number of aromatic nitrogens is 2. The molecule has 7 aromatic rings. The van der Waals surface area contributed by atoms with Crippen molar-refractivity contribution in [2.75, 3.05) is 39.5 Å². The molecule has 2 aromatic heterocycles. The number of para-hydroxylation sites is 1. The van der Waals surface area contributed by atoms with Gasteiger partial charge in [0.25, 0.3) is 14.2 Å². The third-order valence-corrected chi connectivity index (χ3v) is 22.3. The summed E-state index contributed by atoms with van der Waals surface area (Å²) in [5.41, 5.74) is 5.51. The average Bonchev–Trinajstić information content (AvgIpc) is 1.98. The number of H-pyrrole nitrogens is 1. The number of hydrogen-bond acceptors (Lipinski definition) is 10. The van der Waals surface area contributed by atoms with Crippen LogP contribution in [0.3, 0.4) is 0 Å². The highest BCUT2D eigenvalue weighted by molar-refractivity contribution is 7.13. The van der Waals surface area contributed by atoms with Crippen molar-refractivity contribution in [1.29, 1.82) is 0 Å². The molecule has 0 spiro atoms. The Kier molecular flexibility index (Phi) is 19.6. The van der Waals surface area contributed by atoms with Gasteiger partial charge in [0, 0.05) is 66.5 Å². The maximum Gasteiger partial charge on any atom is 0.282 e. The molecule has 0 unspecified atom stereocenters. The number of hydrogen-bond donors (Lipinski definition) is 4. The molecule has 0 aliphatic carbocycles. The SMILES string of the molecule is Cc1ncsc1-c1ccc(CNC(=O)[C@@H]2C[C@@H](O)CN2C(=O)[C@@H](NC(=O)COCCCCCOc2cc(F)c([C@@H]3c4[nH]c5ccccc5c4C[C@@H](C)N3CC(F)(F)CO[Si](c3ccccc3)(c3ccccc3)C(C)(C)C)c(F)c2)C(C)(C)C)cc1. The molecule has 0 bridgehead atoms. The van der Waals surface area contributed by atoms with E-state index in [4.69, 9.17) is 13.9 Å². The molecule has 4 heterocycles. The van der Waals surface area contributed by atoms with Crippen LogP contribution in [0.4, 0.5) is 17.6 Å². The number of alkyl halides is 2. The zero-order chi connectivity index (χ0) is 60.8. The Hall–Kier alpha value is -6.74. The van der Waals surface area contributed by atoms with Crippen LogP contribution in [0.15, 0.2) is 127 Å². The highest BCUT2D eigenvalue weighted by atomic mass is 32.1. The van der Waals surface area contributed by atoms with Gasteiger partial charge in [0.05, 0.1) is 48.0 Å². The van der Waals surface area contributed by atoms with E-state index in [0.717, 1.165) is 60.7 Å². The maximum absolute atomic E-state index is 17.0. The van der Waals surface area contributed by atoms with Gasteiger partial charge in [0.15, 0.2) is 0 Å². The number of aromatic amines is 1.